The third-order valence-corrected chi connectivity index (χ3v) is 4.26. The van der Waals surface area contributed by atoms with Crippen LogP contribution in [0.4, 0.5) is 0 Å². The minimum atomic E-state index is -0.778. The van der Waals surface area contributed by atoms with E-state index in [1.807, 2.05) is 13.0 Å². The van der Waals surface area contributed by atoms with Gasteiger partial charge in [0.25, 0.3) is 0 Å². The van der Waals surface area contributed by atoms with Crippen molar-refractivity contribution in [3.05, 3.63) is 35.9 Å². The predicted octanol–water partition coefficient (Wildman–Crippen LogP) is 2.39. The molecule has 0 amide bonds. The van der Waals surface area contributed by atoms with Gasteiger partial charge >= 0.3 is 5.97 Å². The molecule has 0 spiro atoms. The van der Waals surface area contributed by atoms with E-state index in [1.54, 1.807) is 7.05 Å². The molecule has 1 aromatic carbocycles. The average Bonchev–Trinajstić information content (AvgIpc) is 2.50. The second-order valence-corrected chi connectivity index (χ2v) is 5.63. The molecule has 0 saturated heterocycles. The predicted molar refractivity (Wildman–Crippen MR) is 86.6 cm³/mol. The zero-order valence-corrected chi connectivity index (χ0v) is 13.4. The molecule has 0 aromatic heterocycles. The molecule has 4 heteroatoms. The molecule has 0 aliphatic carbocycles. The SMILES string of the molecule is CCC(CCCN(C)CCc1ccccc1)(NC)C(=O)O. The van der Waals surface area contributed by atoms with Gasteiger partial charge in [0.15, 0.2) is 0 Å². The molecule has 0 fully saturated rings. The first-order valence-corrected chi connectivity index (χ1v) is 7.69. The third kappa shape index (κ3) is 5.48. The van der Waals surface area contributed by atoms with Crippen molar-refractivity contribution in [3.8, 4) is 0 Å². The smallest absolute Gasteiger partial charge is 0.323 e. The van der Waals surface area contributed by atoms with Gasteiger partial charge in [0.05, 0.1) is 0 Å². The van der Waals surface area contributed by atoms with Gasteiger partial charge in [0.2, 0.25) is 0 Å². The Morgan fingerprint density at radius 1 is 1.29 bits per heavy atom. The summed E-state index contributed by atoms with van der Waals surface area (Å²) in [6, 6.07) is 10.4. The number of benzene rings is 1. The minimum Gasteiger partial charge on any atom is -0.480 e. The summed E-state index contributed by atoms with van der Waals surface area (Å²) in [4.78, 5) is 13.7. The number of rotatable bonds is 10. The lowest BCUT2D eigenvalue weighted by atomic mass is 9.90. The van der Waals surface area contributed by atoms with Gasteiger partial charge in [0, 0.05) is 6.54 Å². The normalized spacial score (nSPS) is 14.1. The van der Waals surface area contributed by atoms with Gasteiger partial charge in [-0.1, -0.05) is 37.3 Å². The number of carboxylic acids is 1. The summed E-state index contributed by atoms with van der Waals surface area (Å²) in [6.07, 6.45) is 3.17. The van der Waals surface area contributed by atoms with Crippen LogP contribution >= 0.6 is 0 Å². The highest BCUT2D eigenvalue weighted by Gasteiger charge is 2.34. The summed E-state index contributed by atoms with van der Waals surface area (Å²) in [5.41, 5.74) is 0.563. The number of carbonyl (C=O) groups is 1. The number of hydrogen-bond acceptors (Lipinski definition) is 3. The quantitative estimate of drug-likeness (QED) is 0.695. The van der Waals surface area contributed by atoms with E-state index in [4.69, 9.17) is 0 Å². The lowest BCUT2D eigenvalue weighted by Gasteiger charge is -2.28. The minimum absolute atomic E-state index is 0.604. The van der Waals surface area contributed by atoms with Gasteiger partial charge in [0.1, 0.15) is 5.54 Å². The van der Waals surface area contributed by atoms with Crippen LogP contribution in [0.1, 0.15) is 31.7 Å². The van der Waals surface area contributed by atoms with Crippen LogP contribution < -0.4 is 5.32 Å². The number of nitrogens with one attached hydrogen (secondary N) is 1. The van der Waals surface area contributed by atoms with Gasteiger partial charge in [-0.15, -0.1) is 0 Å². The number of likely N-dealkylation sites (N-methyl/N-ethyl adjacent to an activating group) is 2. The molecule has 1 aromatic rings. The van der Waals surface area contributed by atoms with E-state index in [0.717, 1.165) is 25.9 Å². The van der Waals surface area contributed by atoms with E-state index < -0.39 is 11.5 Å². The Hall–Kier alpha value is -1.39. The highest BCUT2D eigenvalue weighted by molar-refractivity contribution is 5.78. The second kappa shape index (κ2) is 8.80. The van der Waals surface area contributed by atoms with Crippen molar-refractivity contribution in [2.24, 2.45) is 0 Å². The van der Waals surface area contributed by atoms with E-state index in [-0.39, 0.29) is 0 Å². The summed E-state index contributed by atoms with van der Waals surface area (Å²) in [5, 5.41) is 12.3. The second-order valence-electron chi connectivity index (χ2n) is 5.63. The molecular formula is C17H28N2O2. The Kier molecular flexibility index (Phi) is 7.40. The monoisotopic (exact) mass is 292 g/mol. The largest absolute Gasteiger partial charge is 0.480 e. The topological polar surface area (TPSA) is 52.6 Å². The van der Waals surface area contributed by atoms with Gasteiger partial charge in [-0.2, -0.15) is 0 Å². The summed E-state index contributed by atoms with van der Waals surface area (Å²) in [5.74, 6) is -0.751. The maximum Gasteiger partial charge on any atom is 0.323 e. The van der Waals surface area contributed by atoms with E-state index >= 15 is 0 Å². The van der Waals surface area contributed by atoms with Crippen molar-refractivity contribution >= 4 is 5.97 Å². The first-order chi connectivity index (χ1) is 10.0. The van der Waals surface area contributed by atoms with Crippen molar-refractivity contribution in [1.29, 1.82) is 0 Å². The molecule has 0 aliphatic heterocycles. The van der Waals surface area contributed by atoms with Crippen LogP contribution in [0.3, 0.4) is 0 Å². The lowest BCUT2D eigenvalue weighted by Crippen LogP contribution is -2.50. The van der Waals surface area contributed by atoms with Crippen LogP contribution in [0.5, 0.6) is 0 Å². The zero-order valence-electron chi connectivity index (χ0n) is 13.4. The van der Waals surface area contributed by atoms with Crippen LogP contribution in [-0.2, 0) is 11.2 Å². The molecule has 118 valence electrons. The Bertz CT molecular complexity index is 416. The molecule has 0 heterocycles. The third-order valence-electron chi connectivity index (χ3n) is 4.26. The van der Waals surface area contributed by atoms with Crippen LogP contribution in [0.2, 0.25) is 0 Å². The van der Waals surface area contributed by atoms with E-state index in [0.29, 0.717) is 12.8 Å². The Balaban J connectivity index is 2.32. The van der Waals surface area contributed by atoms with Gasteiger partial charge < -0.3 is 15.3 Å². The molecule has 0 aliphatic rings. The number of hydrogen-bond donors (Lipinski definition) is 2. The molecule has 0 radical (unpaired) electrons. The number of nitrogens with zero attached hydrogens (tertiary/aromatic N) is 1. The van der Waals surface area contributed by atoms with E-state index in [2.05, 4.69) is 41.5 Å². The summed E-state index contributed by atoms with van der Waals surface area (Å²) in [7, 11) is 3.83. The molecule has 1 unspecified atom stereocenters. The Morgan fingerprint density at radius 3 is 2.48 bits per heavy atom. The van der Waals surface area contributed by atoms with Crippen LogP contribution in [-0.4, -0.2) is 48.7 Å². The van der Waals surface area contributed by atoms with Crippen LogP contribution in [0.25, 0.3) is 0 Å². The molecular weight excluding hydrogens is 264 g/mol. The number of aliphatic carboxylic acids is 1. The van der Waals surface area contributed by atoms with Crippen molar-refractivity contribution < 1.29 is 9.90 Å². The molecule has 4 nitrogen and oxygen atoms in total. The maximum absolute atomic E-state index is 11.4. The average molecular weight is 292 g/mol. The Labute approximate surface area is 128 Å². The molecule has 1 atom stereocenters. The summed E-state index contributed by atoms with van der Waals surface area (Å²) in [6.45, 7) is 3.84. The van der Waals surface area contributed by atoms with Gasteiger partial charge in [-0.25, -0.2) is 0 Å². The molecule has 21 heavy (non-hydrogen) atoms. The van der Waals surface area contributed by atoms with Crippen molar-refractivity contribution in [2.75, 3.05) is 27.2 Å². The standard InChI is InChI=1S/C17H28N2O2/c1-4-17(18-2,16(20)21)12-8-13-19(3)14-11-15-9-6-5-7-10-15/h5-7,9-10,18H,4,8,11-14H2,1-3H3,(H,20,21). The fourth-order valence-corrected chi connectivity index (χ4v) is 2.57. The molecule has 0 bridgehead atoms. The highest BCUT2D eigenvalue weighted by Crippen LogP contribution is 2.17. The first kappa shape index (κ1) is 17.7. The fraction of sp³-hybridized carbons (Fsp3) is 0.588. The number of carboxylic acid groups (broad SMARTS) is 1. The molecule has 0 saturated carbocycles. The molecule has 2 N–H and O–H groups in total. The molecule has 1 rings (SSSR count). The first-order valence-electron chi connectivity index (χ1n) is 7.69. The zero-order chi connectivity index (χ0) is 15.7. The fourth-order valence-electron chi connectivity index (χ4n) is 2.57. The van der Waals surface area contributed by atoms with Gasteiger partial charge in [-0.05, 0) is 51.9 Å². The van der Waals surface area contributed by atoms with E-state index in [9.17, 15) is 9.90 Å². The van der Waals surface area contributed by atoms with Crippen molar-refractivity contribution in [3.63, 3.8) is 0 Å². The van der Waals surface area contributed by atoms with E-state index in [1.165, 1.54) is 5.56 Å². The highest BCUT2D eigenvalue weighted by atomic mass is 16.4. The van der Waals surface area contributed by atoms with Crippen molar-refractivity contribution in [2.45, 2.75) is 38.1 Å². The summed E-state index contributed by atoms with van der Waals surface area (Å²) >= 11 is 0. The summed E-state index contributed by atoms with van der Waals surface area (Å²) < 4.78 is 0. The lowest BCUT2D eigenvalue weighted by molar-refractivity contribution is -0.145. The van der Waals surface area contributed by atoms with Crippen molar-refractivity contribution in [1.82, 2.24) is 10.2 Å². The van der Waals surface area contributed by atoms with Crippen LogP contribution in [0.15, 0.2) is 30.3 Å². The van der Waals surface area contributed by atoms with Crippen LogP contribution in [0, 0.1) is 0 Å². The Morgan fingerprint density at radius 2 is 1.95 bits per heavy atom. The maximum atomic E-state index is 11.4. The van der Waals surface area contributed by atoms with Gasteiger partial charge in [-0.3, -0.25) is 4.79 Å².